The van der Waals surface area contributed by atoms with Gasteiger partial charge >= 0.3 is 6.18 Å². The Bertz CT molecular complexity index is 193. The molecule has 0 heterocycles. The van der Waals surface area contributed by atoms with Crippen LogP contribution in [0, 0.1) is 11.8 Å². The molecule has 0 aromatic rings. The van der Waals surface area contributed by atoms with Gasteiger partial charge in [-0.05, 0) is 18.4 Å². The lowest BCUT2D eigenvalue weighted by Crippen LogP contribution is -2.35. The molecule has 0 aromatic heterocycles. The Morgan fingerprint density at radius 2 is 1.65 bits per heavy atom. The number of rotatable bonds is 8. The van der Waals surface area contributed by atoms with Crippen molar-refractivity contribution in [2.24, 2.45) is 11.8 Å². The third-order valence-electron chi connectivity index (χ3n) is 2.36. The average Bonchev–Trinajstić information content (AvgIpc) is 2.12. The van der Waals surface area contributed by atoms with Crippen molar-refractivity contribution in [2.75, 3.05) is 19.7 Å². The Kier molecular flexibility index (Phi) is 7.79. The van der Waals surface area contributed by atoms with E-state index in [4.69, 9.17) is 4.74 Å². The van der Waals surface area contributed by atoms with E-state index in [2.05, 4.69) is 19.2 Å². The predicted molar refractivity (Wildman–Crippen MR) is 63.0 cm³/mol. The molecule has 0 amide bonds. The van der Waals surface area contributed by atoms with E-state index in [0.717, 1.165) is 6.54 Å². The van der Waals surface area contributed by atoms with Crippen molar-refractivity contribution >= 4 is 0 Å². The van der Waals surface area contributed by atoms with Crippen molar-refractivity contribution in [1.82, 2.24) is 5.32 Å². The average molecular weight is 255 g/mol. The van der Waals surface area contributed by atoms with Crippen LogP contribution in [-0.2, 0) is 4.74 Å². The summed E-state index contributed by atoms with van der Waals surface area (Å²) in [5, 5.41) is 3.21. The largest absolute Gasteiger partial charge is 0.391 e. The van der Waals surface area contributed by atoms with E-state index in [1.54, 1.807) is 0 Å². The maximum Gasteiger partial charge on any atom is 0.391 e. The van der Waals surface area contributed by atoms with Crippen LogP contribution in [0.15, 0.2) is 0 Å². The van der Waals surface area contributed by atoms with Crippen molar-refractivity contribution in [1.29, 1.82) is 0 Å². The maximum absolute atomic E-state index is 12.0. The number of hydrogen-bond acceptors (Lipinski definition) is 2. The van der Waals surface area contributed by atoms with Gasteiger partial charge < -0.3 is 10.1 Å². The van der Waals surface area contributed by atoms with Gasteiger partial charge in [0.2, 0.25) is 0 Å². The minimum absolute atomic E-state index is 0.156. The summed E-state index contributed by atoms with van der Waals surface area (Å²) >= 11 is 0. The van der Waals surface area contributed by atoms with E-state index >= 15 is 0 Å². The molecular formula is C12H24F3NO. The van der Waals surface area contributed by atoms with Gasteiger partial charge in [0.1, 0.15) is 0 Å². The fourth-order valence-electron chi connectivity index (χ4n) is 1.33. The summed E-state index contributed by atoms with van der Waals surface area (Å²) < 4.78 is 41.2. The van der Waals surface area contributed by atoms with Crippen LogP contribution >= 0.6 is 0 Å². The summed E-state index contributed by atoms with van der Waals surface area (Å²) in [6, 6.07) is 0. The molecule has 0 spiro atoms. The molecule has 0 radical (unpaired) electrons. The molecule has 5 heteroatoms. The van der Waals surface area contributed by atoms with Gasteiger partial charge in [0.25, 0.3) is 0 Å². The van der Waals surface area contributed by atoms with Crippen molar-refractivity contribution < 1.29 is 17.9 Å². The second kappa shape index (κ2) is 7.93. The molecule has 0 aliphatic heterocycles. The van der Waals surface area contributed by atoms with E-state index < -0.39 is 12.6 Å². The Balaban J connectivity index is 3.83. The van der Waals surface area contributed by atoms with Gasteiger partial charge in [-0.25, -0.2) is 0 Å². The molecule has 2 nitrogen and oxygen atoms in total. The Hall–Kier alpha value is -0.290. The van der Waals surface area contributed by atoms with Crippen LogP contribution in [-0.4, -0.2) is 32.0 Å². The van der Waals surface area contributed by atoms with Gasteiger partial charge in [-0.15, -0.1) is 0 Å². The zero-order chi connectivity index (χ0) is 13.5. The number of halogens is 3. The van der Waals surface area contributed by atoms with Crippen LogP contribution in [0.2, 0.25) is 0 Å². The lowest BCUT2D eigenvalue weighted by atomic mass is 10.1. The van der Waals surface area contributed by atoms with Crippen LogP contribution in [0.25, 0.3) is 0 Å². The summed E-state index contributed by atoms with van der Waals surface area (Å²) in [7, 11) is 0. The zero-order valence-corrected chi connectivity index (χ0v) is 11.1. The molecule has 0 saturated carbocycles. The second-order valence-electron chi connectivity index (χ2n) is 5.07. The molecular weight excluding hydrogens is 231 g/mol. The van der Waals surface area contributed by atoms with Gasteiger partial charge in [-0.1, -0.05) is 27.7 Å². The molecule has 0 aliphatic rings. The molecule has 0 rings (SSSR count). The van der Waals surface area contributed by atoms with E-state index in [-0.39, 0.29) is 18.6 Å². The van der Waals surface area contributed by atoms with Crippen molar-refractivity contribution in [3.05, 3.63) is 0 Å². The SMILES string of the molecule is CC(C)CNCC(OCCC(F)(F)F)C(C)C. The Morgan fingerprint density at radius 1 is 1.06 bits per heavy atom. The van der Waals surface area contributed by atoms with E-state index in [0.29, 0.717) is 12.5 Å². The number of alkyl halides is 3. The molecule has 1 unspecified atom stereocenters. The molecule has 17 heavy (non-hydrogen) atoms. The van der Waals surface area contributed by atoms with Gasteiger partial charge in [-0.3, -0.25) is 0 Å². The van der Waals surface area contributed by atoms with Crippen molar-refractivity contribution in [3.8, 4) is 0 Å². The van der Waals surface area contributed by atoms with Gasteiger partial charge in [-0.2, -0.15) is 13.2 Å². The van der Waals surface area contributed by atoms with Crippen molar-refractivity contribution in [2.45, 2.75) is 46.4 Å². The molecule has 1 N–H and O–H groups in total. The monoisotopic (exact) mass is 255 g/mol. The summed E-state index contributed by atoms with van der Waals surface area (Å²) in [4.78, 5) is 0. The topological polar surface area (TPSA) is 21.3 Å². The first-order valence-electron chi connectivity index (χ1n) is 6.11. The minimum Gasteiger partial charge on any atom is -0.376 e. The fourth-order valence-corrected chi connectivity index (χ4v) is 1.33. The lowest BCUT2D eigenvalue weighted by molar-refractivity contribution is -0.150. The summed E-state index contributed by atoms with van der Waals surface area (Å²) in [5.41, 5.74) is 0. The van der Waals surface area contributed by atoms with E-state index in [1.807, 2.05) is 13.8 Å². The van der Waals surface area contributed by atoms with Crippen LogP contribution in [0.1, 0.15) is 34.1 Å². The number of hydrogen-bond donors (Lipinski definition) is 1. The molecule has 104 valence electrons. The highest BCUT2D eigenvalue weighted by atomic mass is 19.4. The zero-order valence-electron chi connectivity index (χ0n) is 11.1. The summed E-state index contributed by atoms with van der Waals surface area (Å²) in [6.45, 7) is 9.28. The second-order valence-corrected chi connectivity index (χ2v) is 5.07. The molecule has 0 aromatic carbocycles. The predicted octanol–water partition coefficient (Wildman–Crippen LogP) is 3.23. The maximum atomic E-state index is 12.0. The van der Waals surface area contributed by atoms with E-state index in [9.17, 15) is 13.2 Å². The first-order chi connectivity index (χ1) is 7.72. The third-order valence-corrected chi connectivity index (χ3v) is 2.36. The third kappa shape index (κ3) is 10.6. The fraction of sp³-hybridized carbons (Fsp3) is 1.00. The van der Waals surface area contributed by atoms with Crippen LogP contribution in [0.3, 0.4) is 0 Å². The van der Waals surface area contributed by atoms with Crippen LogP contribution < -0.4 is 5.32 Å². The van der Waals surface area contributed by atoms with Crippen LogP contribution in [0.4, 0.5) is 13.2 Å². The molecule has 0 bridgehead atoms. The molecule has 1 atom stereocenters. The highest BCUT2D eigenvalue weighted by Crippen LogP contribution is 2.20. The molecule has 0 fully saturated rings. The first-order valence-corrected chi connectivity index (χ1v) is 6.11. The highest BCUT2D eigenvalue weighted by Gasteiger charge is 2.27. The van der Waals surface area contributed by atoms with Gasteiger partial charge in [0, 0.05) is 6.54 Å². The summed E-state index contributed by atoms with van der Waals surface area (Å²) in [5.74, 6) is 0.737. The normalized spacial score (nSPS) is 14.6. The van der Waals surface area contributed by atoms with Gasteiger partial charge in [0.15, 0.2) is 0 Å². The smallest absolute Gasteiger partial charge is 0.376 e. The quantitative estimate of drug-likeness (QED) is 0.719. The lowest BCUT2D eigenvalue weighted by Gasteiger charge is -2.23. The Labute approximate surface area is 102 Å². The highest BCUT2D eigenvalue weighted by molar-refractivity contribution is 4.67. The van der Waals surface area contributed by atoms with Crippen molar-refractivity contribution in [3.63, 3.8) is 0 Å². The minimum atomic E-state index is -4.13. The first kappa shape index (κ1) is 16.7. The molecule has 0 saturated heterocycles. The number of ether oxygens (including phenoxy) is 1. The summed E-state index contributed by atoms with van der Waals surface area (Å²) in [6.07, 6.45) is -5.16. The van der Waals surface area contributed by atoms with Gasteiger partial charge in [0.05, 0.1) is 19.1 Å². The number of nitrogens with one attached hydrogen (secondary N) is 1. The standard InChI is InChI=1S/C12H24F3NO/c1-9(2)7-16-8-11(10(3)4)17-6-5-12(13,14)15/h9-11,16H,5-8H2,1-4H3. The van der Waals surface area contributed by atoms with E-state index in [1.165, 1.54) is 0 Å². The Morgan fingerprint density at radius 3 is 2.06 bits per heavy atom. The molecule has 0 aliphatic carbocycles. The van der Waals surface area contributed by atoms with Crippen LogP contribution in [0.5, 0.6) is 0 Å².